The van der Waals surface area contributed by atoms with Gasteiger partial charge >= 0.3 is 6.03 Å². The van der Waals surface area contributed by atoms with Gasteiger partial charge in [0.1, 0.15) is 11.4 Å². The quantitative estimate of drug-likeness (QED) is 0.650. The zero-order valence-corrected chi connectivity index (χ0v) is 10.4. The van der Waals surface area contributed by atoms with E-state index in [1.165, 1.54) is 6.42 Å². The van der Waals surface area contributed by atoms with Gasteiger partial charge in [0.15, 0.2) is 0 Å². The summed E-state index contributed by atoms with van der Waals surface area (Å²) in [4.78, 5) is 13.3. The molecular weight excluding hydrogens is 202 g/mol. The third kappa shape index (κ3) is 1.60. The summed E-state index contributed by atoms with van der Waals surface area (Å²) in [6, 6.07) is -0.121. The molecule has 0 bridgehead atoms. The first-order valence-corrected chi connectivity index (χ1v) is 6.01. The van der Waals surface area contributed by atoms with Crippen LogP contribution < -0.4 is 5.32 Å². The normalized spacial score (nSPS) is 34.1. The van der Waals surface area contributed by atoms with E-state index < -0.39 is 0 Å². The Bertz CT molecular complexity index is 337. The van der Waals surface area contributed by atoms with Crippen LogP contribution in [0.3, 0.4) is 0 Å². The van der Waals surface area contributed by atoms with E-state index in [1.807, 2.05) is 7.05 Å². The van der Waals surface area contributed by atoms with Crippen LogP contribution in [-0.4, -0.2) is 29.4 Å². The van der Waals surface area contributed by atoms with E-state index in [0.717, 1.165) is 25.7 Å². The SMILES string of the molecule is CN1C(=O)NC(=N)C12CCCC(C)(C)CC2. The molecule has 1 aliphatic heterocycles. The second kappa shape index (κ2) is 3.47. The van der Waals surface area contributed by atoms with Gasteiger partial charge in [-0.25, -0.2) is 4.79 Å². The smallest absolute Gasteiger partial charge is 0.315 e. The molecule has 1 atom stereocenters. The molecule has 2 fully saturated rings. The predicted molar refractivity (Wildman–Crippen MR) is 63.6 cm³/mol. The summed E-state index contributed by atoms with van der Waals surface area (Å²) in [7, 11) is 1.81. The van der Waals surface area contributed by atoms with Gasteiger partial charge < -0.3 is 4.90 Å². The van der Waals surface area contributed by atoms with Crippen molar-refractivity contribution in [2.45, 2.75) is 51.5 Å². The number of hydrogen-bond acceptors (Lipinski definition) is 2. The first kappa shape index (κ1) is 11.4. The van der Waals surface area contributed by atoms with Crippen molar-refractivity contribution in [2.24, 2.45) is 5.41 Å². The Morgan fingerprint density at radius 1 is 1.25 bits per heavy atom. The fourth-order valence-electron chi connectivity index (χ4n) is 2.91. The first-order chi connectivity index (χ1) is 7.37. The van der Waals surface area contributed by atoms with E-state index in [1.54, 1.807) is 4.90 Å². The van der Waals surface area contributed by atoms with Gasteiger partial charge in [0.2, 0.25) is 0 Å². The largest absolute Gasteiger partial charge is 0.323 e. The zero-order valence-electron chi connectivity index (χ0n) is 10.4. The molecule has 1 heterocycles. The highest BCUT2D eigenvalue weighted by molar-refractivity contribution is 6.08. The van der Waals surface area contributed by atoms with E-state index in [-0.39, 0.29) is 11.6 Å². The summed E-state index contributed by atoms with van der Waals surface area (Å²) >= 11 is 0. The van der Waals surface area contributed by atoms with E-state index in [4.69, 9.17) is 5.41 Å². The highest BCUT2D eigenvalue weighted by Crippen LogP contribution is 2.42. The van der Waals surface area contributed by atoms with Gasteiger partial charge in [-0.2, -0.15) is 0 Å². The summed E-state index contributed by atoms with van der Waals surface area (Å²) in [5.41, 5.74) is 0.00110. The molecule has 0 aromatic carbocycles. The minimum atomic E-state index is -0.342. The monoisotopic (exact) mass is 223 g/mol. The Morgan fingerprint density at radius 2 is 1.94 bits per heavy atom. The highest BCUT2D eigenvalue weighted by Gasteiger charge is 2.49. The van der Waals surface area contributed by atoms with Crippen LogP contribution >= 0.6 is 0 Å². The van der Waals surface area contributed by atoms with Crippen LogP contribution in [0.25, 0.3) is 0 Å². The van der Waals surface area contributed by atoms with Gasteiger partial charge in [0.25, 0.3) is 0 Å². The molecule has 2 amide bonds. The zero-order chi connectivity index (χ0) is 12.0. The minimum absolute atomic E-state index is 0.121. The molecule has 1 spiro atoms. The topological polar surface area (TPSA) is 56.2 Å². The Morgan fingerprint density at radius 3 is 2.50 bits per heavy atom. The van der Waals surface area contributed by atoms with Gasteiger partial charge in [0, 0.05) is 7.05 Å². The number of carbonyl (C=O) groups excluding carboxylic acids is 1. The molecule has 1 aliphatic carbocycles. The number of urea groups is 1. The van der Waals surface area contributed by atoms with Crippen LogP contribution in [0.15, 0.2) is 0 Å². The number of carbonyl (C=O) groups is 1. The number of likely N-dealkylation sites (N-methyl/N-ethyl adjacent to an activating group) is 1. The molecule has 4 heteroatoms. The van der Waals surface area contributed by atoms with Crippen molar-refractivity contribution in [3.63, 3.8) is 0 Å². The van der Waals surface area contributed by atoms with Crippen LogP contribution in [0.4, 0.5) is 4.79 Å². The van der Waals surface area contributed by atoms with Crippen LogP contribution in [-0.2, 0) is 0 Å². The summed E-state index contributed by atoms with van der Waals surface area (Å²) < 4.78 is 0. The molecule has 0 aromatic heterocycles. The Kier molecular flexibility index (Phi) is 2.48. The molecule has 1 saturated carbocycles. The minimum Gasteiger partial charge on any atom is -0.315 e. The van der Waals surface area contributed by atoms with E-state index >= 15 is 0 Å². The summed E-state index contributed by atoms with van der Waals surface area (Å²) in [6.07, 6.45) is 5.19. The fraction of sp³-hybridized carbons (Fsp3) is 0.833. The summed E-state index contributed by atoms with van der Waals surface area (Å²) in [6.45, 7) is 4.56. The number of amidine groups is 1. The summed E-state index contributed by atoms with van der Waals surface area (Å²) in [5.74, 6) is 0.401. The third-order valence-electron chi connectivity index (χ3n) is 4.30. The molecule has 0 radical (unpaired) electrons. The van der Waals surface area contributed by atoms with Crippen molar-refractivity contribution < 1.29 is 4.79 Å². The van der Waals surface area contributed by atoms with E-state index in [9.17, 15) is 4.79 Å². The highest BCUT2D eigenvalue weighted by atomic mass is 16.2. The number of nitrogens with one attached hydrogen (secondary N) is 2. The summed E-state index contributed by atoms with van der Waals surface area (Å²) in [5, 5.41) is 10.7. The Hall–Kier alpha value is -1.06. The van der Waals surface area contributed by atoms with E-state index in [2.05, 4.69) is 19.2 Å². The van der Waals surface area contributed by atoms with Crippen molar-refractivity contribution in [3.05, 3.63) is 0 Å². The van der Waals surface area contributed by atoms with Gasteiger partial charge in [-0.15, -0.1) is 0 Å². The van der Waals surface area contributed by atoms with Crippen LogP contribution in [0.2, 0.25) is 0 Å². The second-order valence-electron chi connectivity index (χ2n) is 5.91. The molecule has 90 valence electrons. The Labute approximate surface area is 96.9 Å². The lowest BCUT2D eigenvalue weighted by atomic mass is 9.83. The first-order valence-electron chi connectivity index (χ1n) is 6.01. The molecule has 2 rings (SSSR count). The number of hydrogen-bond donors (Lipinski definition) is 2. The molecular formula is C12H21N3O. The van der Waals surface area contributed by atoms with Crippen LogP contribution in [0, 0.1) is 10.8 Å². The van der Waals surface area contributed by atoms with Gasteiger partial charge in [-0.1, -0.05) is 20.3 Å². The standard InChI is InChI=1S/C12H21N3O/c1-11(2)5-4-6-12(8-7-11)9(13)14-10(16)15(12)3/h4-8H2,1-3H3,(H2,13,14,16). The van der Waals surface area contributed by atoms with Crippen molar-refractivity contribution in [1.29, 1.82) is 5.41 Å². The van der Waals surface area contributed by atoms with Crippen molar-refractivity contribution in [3.8, 4) is 0 Å². The maximum absolute atomic E-state index is 11.6. The number of rotatable bonds is 0. The average molecular weight is 223 g/mol. The molecule has 2 N–H and O–H groups in total. The van der Waals surface area contributed by atoms with Crippen LogP contribution in [0.5, 0.6) is 0 Å². The molecule has 0 aromatic rings. The fourth-order valence-corrected chi connectivity index (χ4v) is 2.91. The average Bonchev–Trinajstić information content (AvgIpc) is 2.37. The molecule has 1 saturated heterocycles. The van der Waals surface area contributed by atoms with Crippen molar-refractivity contribution in [1.82, 2.24) is 10.2 Å². The lowest BCUT2D eigenvalue weighted by Gasteiger charge is -2.33. The van der Waals surface area contributed by atoms with Crippen molar-refractivity contribution >= 4 is 11.9 Å². The molecule has 4 nitrogen and oxygen atoms in total. The number of amides is 2. The lowest BCUT2D eigenvalue weighted by Crippen LogP contribution is -2.47. The van der Waals surface area contributed by atoms with Gasteiger partial charge in [0.05, 0.1) is 0 Å². The predicted octanol–water partition coefficient (Wildman–Crippen LogP) is 2.35. The molecule has 16 heavy (non-hydrogen) atoms. The van der Waals surface area contributed by atoms with Crippen molar-refractivity contribution in [2.75, 3.05) is 7.05 Å². The molecule has 1 unspecified atom stereocenters. The second-order valence-corrected chi connectivity index (χ2v) is 5.91. The van der Waals surface area contributed by atoms with Crippen LogP contribution in [0.1, 0.15) is 46.0 Å². The lowest BCUT2D eigenvalue weighted by molar-refractivity contribution is 0.180. The van der Waals surface area contributed by atoms with Gasteiger partial charge in [-0.3, -0.25) is 10.7 Å². The number of nitrogens with zero attached hydrogens (tertiary/aromatic N) is 1. The Balaban J connectivity index is 2.25. The van der Waals surface area contributed by atoms with Gasteiger partial charge in [-0.05, 0) is 31.1 Å². The third-order valence-corrected chi connectivity index (χ3v) is 4.30. The van der Waals surface area contributed by atoms with E-state index in [0.29, 0.717) is 11.3 Å². The maximum Gasteiger partial charge on any atom is 0.323 e. The molecule has 2 aliphatic rings. The maximum atomic E-state index is 11.6.